The van der Waals surface area contributed by atoms with E-state index in [4.69, 9.17) is 9.47 Å². The van der Waals surface area contributed by atoms with Gasteiger partial charge in [-0.25, -0.2) is 0 Å². The van der Waals surface area contributed by atoms with Crippen LogP contribution in [0.1, 0.15) is 36.0 Å². The summed E-state index contributed by atoms with van der Waals surface area (Å²) >= 11 is 0. The summed E-state index contributed by atoms with van der Waals surface area (Å²) in [5, 5.41) is 3.58. The molecule has 0 aliphatic carbocycles. The molecule has 0 amide bonds. The summed E-state index contributed by atoms with van der Waals surface area (Å²) in [6.45, 7) is 1.14. The number of benzene rings is 1. The predicted molar refractivity (Wildman–Crippen MR) is 74.4 cm³/mol. The zero-order valence-corrected chi connectivity index (χ0v) is 11.4. The Bertz CT molecular complexity index is 531. The molecule has 20 heavy (non-hydrogen) atoms. The Morgan fingerprint density at radius 3 is 2.50 bits per heavy atom. The van der Waals surface area contributed by atoms with Gasteiger partial charge in [0.15, 0.2) is 17.3 Å². The highest BCUT2D eigenvalue weighted by atomic mass is 16.6. The number of piperidine rings is 1. The van der Waals surface area contributed by atoms with Gasteiger partial charge in [0.05, 0.1) is 0 Å². The number of carbonyl (C=O) groups is 1. The van der Waals surface area contributed by atoms with Crippen molar-refractivity contribution in [3.63, 3.8) is 0 Å². The Labute approximate surface area is 118 Å². The molecule has 4 rings (SSSR count). The Hall–Kier alpha value is -1.55. The van der Waals surface area contributed by atoms with Crippen molar-refractivity contribution in [2.24, 2.45) is 5.92 Å². The van der Waals surface area contributed by atoms with Crippen molar-refractivity contribution in [3.05, 3.63) is 23.8 Å². The highest BCUT2D eigenvalue weighted by Crippen LogP contribution is 2.35. The zero-order valence-electron chi connectivity index (χ0n) is 11.4. The topological polar surface area (TPSA) is 47.6 Å². The number of Topliss-reactive ketones (excluding diaryl/α,β-unsaturated/α-hetero) is 1. The fraction of sp³-hybridized carbons (Fsp3) is 0.562. The first-order valence-corrected chi connectivity index (χ1v) is 7.49. The number of nitrogens with one attached hydrogen (secondary N) is 1. The minimum Gasteiger partial charge on any atom is -0.486 e. The summed E-state index contributed by atoms with van der Waals surface area (Å²) < 4.78 is 11.1. The second-order valence-electron chi connectivity index (χ2n) is 6.03. The van der Waals surface area contributed by atoms with Gasteiger partial charge in [0, 0.05) is 23.6 Å². The maximum absolute atomic E-state index is 12.7. The van der Waals surface area contributed by atoms with Crippen molar-refractivity contribution < 1.29 is 14.3 Å². The first-order chi connectivity index (χ1) is 9.79. The summed E-state index contributed by atoms with van der Waals surface area (Å²) in [5.74, 6) is 1.88. The standard InChI is InChI=1S/C16H19NO3/c18-16(11-7-12-2-3-13(8-11)17-12)10-1-4-14-15(9-10)20-6-5-19-14/h1,4,9,11-13,17H,2-3,5-8H2. The van der Waals surface area contributed by atoms with Crippen LogP contribution in [0.5, 0.6) is 11.5 Å². The average Bonchev–Trinajstić information content (AvgIpc) is 2.84. The van der Waals surface area contributed by atoms with Crippen LogP contribution in [0.25, 0.3) is 0 Å². The van der Waals surface area contributed by atoms with Crippen LogP contribution in [0.15, 0.2) is 18.2 Å². The van der Waals surface area contributed by atoms with Crippen molar-refractivity contribution in [3.8, 4) is 11.5 Å². The maximum atomic E-state index is 12.7. The number of carbonyl (C=O) groups excluding carboxylic acids is 1. The molecule has 3 heterocycles. The van der Waals surface area contributed by atoms with E-state index in [2.05, 4.69) is 5.32 Å². The lowest BCUT2D eigenvalue weighted by molar-refractivity contribution is 0.0874. The van der Waals surface area contributed by atoms with Gasteiger partial charge in [-0.2, -0.15) is 0 Å². The molecule has 1 aromatic rings. The first kappa shape index (κ1) is 12.2. The molecular weight excluding hydrogens is 254 g/mol. The van der Waals surface area contributed by atoms with Crippen LogP contribution < -0.4 is 14.8 Å². The normalized spacial score (nSPS) is 31.1. The second-order valence-corrected chi connectivity index (χ2v) is 6.03. The largest absolute Gasteiger partial charge is 0.486 e. The Kier molecular flexibility index (Phi) is 2.91. The summed E-state index contributed by atoms with van der Waals surface area (Å²) in [5.41, 5.74) is 0.764. The number of ether oxygens (including phenoxy) is 2. The third-order valence-electron chi connectivity index (χ3n) is 4.67. The van der Waals surface area contributed by atoms with Crippen LogP contribution in [0.4, 0.5) is 0 Å². The zero-order chi connectivity index (χ0) is 13.5. The molecule has 0 spiro atoms. The van der Waals surface area contributed by atoms with Gasteiger partial charge in [-0.05, 0) is 43.9 Å². The van der Waals surface area contributed by atoms with E-state index < -0.39 is 0 Å². The molecule has 1 N–H and O–H groups in total. The van der Waals surface area contributed by atoms with E-state index in [0.29, 0.717) is 31.0 Å². The van der Waals surface area contributed by atoms with Gasteiger partial charge in [-0.15, -0.1) is 0 Å². The van der Waals surface area contributed by atoms with Gasteiger partial charge in [-0.3, -0.25) is 4.79 Å². The van der Waals surface area contributed by atoms with Gasteiger partial charge in [0.1, 0.15) is 13.2 Å². The number of hydrogen-bond donors (Lipinski definition) is 1. The van der Waals surface area contributed by atoms with Gasteiger partial charge < -0.3 is 14.8 Å². The van der Waals surface area contributed by atoms with E-state index in [0.717, 1.165) is 24.2 Å². The van der Waals surface area contributed by atoms with Gasteiger partial charge in [0.25, 0.3) is 0 Å². The maximum Gasteiger partial charge on any atom is 0.166 e. The van der Waals surface area contributed by atoms with Crippen LogP contribution in [-0.2, 0) is 0 Å². The third-order valence-corrected chi connectivity index (χ3v) is 4.67. The molecule has 3 aliphatic heterocycles. The smallest absolute Gasteiger partial charge is 0.166 e. The van der Waals surface area contributed by atoms with Gasteiger partial charge >= 0.3 is 0 Å². The summed E-state index contributed by atoms with van der Waals surface area (Å²) in [7, 11) is 0. The van der Waals surface area contributed by atoms with Gasteiger partial charge in [-0.1, -0.05) is 0 Å². The molecule has 1 aromatic carbocycles. The number of rotatable bonds is 2. The van der Waals surface area contributed by atoms with Crippen LogP contribution >= 0.6 is 0 Å². The van der Waals surface area contributed by atoms with Crippen LogP contribution in [0, 0.1) is 5.92 Å². The van der Waals surface area contributed by atoms with E-state index >= 15 is 0 Å². The highest BCUT2D eigenvalue weighted by Gasteiger charge is 2.37. The molecule has 4 heteroatoms. The Balaban J connectivity index is 1.56. The molecule has 0 aromatic heterocycles. The lowest BCUT2D eigenvalue weighted by atomic mass is 9.86. The van der Waals surface area contributed by atoms with E-state index in [-0.39, 0.29) is 11.7 Å². The van der Waals surface area contributed by atoms with Crippen molar-refractivity contribution in [1.82, 2.24) is 5.32 Å². The fourth-order valence-electron chi connectivity index (χ4n) is 3.70. The molecular formula is C16H19NO3. The van der Waals surface area contributed by atoms with Crippen molar-refractivity contribution in [2.75, 3.05) is 13.2 Å². The van der Waals surface area contributed by atoms with Crippen molar-refractivity contribution in [1.29, 1.82) is 0 Å². The highest BCUT2D eigenvalue weighted by molar-refractivity contribution is 5.98. The molecule has 2 bridgehead atoms. The number of fused-ring (bicyclic) bond motifs is 3. The lowest BCUT2D eigenvalue weighted by Gasteiger charge is -2.28. The fourth-order valence-corrected chi connectivity index (χ4v) is 3.70. The molecule has 3 aliphatic rings. The molecule has 2 saturated heterocycles. The quantitative estimate of drug-likeness (QED) is 0.839. The summed E-state index contributed by atoms with van der Waals surface area (Å²) in [6.07, 6.45) is 4.39. The molecule has 4 nitrogen and oxygen atoms in total. The summed E-state index contributed by atoms with van der Waals surface area (Å²) in [4.78, 5) is 12.7. The van der Waals surface area contributed by atoms with Crippen LogP contribution in [-0.4, -0.2) is 31.1 Å². The van der Waals surface area contributed by atoms with E-state index in [1.807, 2.05) is 18.2 Å². The average molecular weight is 273 g/mol. The van der Waals surface area contributed by atoms with E-state index in [9.17, 15) is 4.79 Å². The Morgan fingerprint density at radius 1 is 1.05 bits per heavy atom. The monoisotopic (exact) mass is 273 g/mol. The molecule has 0 radical (unpaired) electrons. The molecule has 0 saturated carbocycles. The van der Waals surface area contributed by atoms with Crippen LogP contribution in [0.2, 0.25) is 0 Å². The Morgan fingerprint density at radius 2 is 1.75 bits per heavy atom. The van der Waals surface area contributed by atoms with Gasteiger partial charge in [0.2, 0.25) is 0 Å². The SMILES string of the molecule is O=C(c1ccc2c(c1)OCCO2)C1CC2CCC(C1)N2. The molecule has 2 unspecified atom stereocenters. The molecule has 106 valence electrons. The van der Waals surface area contributed by atoms with Crippen molar-refractivity contribution in [2.45, 2.75) is 37.8 Å². The minimum absolute atomic E-state index is 0.163. The molecule has 2 fully saturated rings. The minimum atomic E-state index is 0.163. The number of ketones is 1. The predicted octanol–water partition coefficient (Wildman–Crippen LogP) is 2.17. The first-order valence-electron chi connectivity index (χ1n) is 7.49. The molecule has 2 atom stereocenters. The number of hydrogen-bond acceptors (Lipinski definition) is 4. The summed E-state index contributed by atoms with van der Waals surface area (Å²) in [6, 6.07) is 6.66. The van der Waals surface area contributed by atoms with E-state index in [1.54, 1.807) is 0 Å². The third kappa shape index (κ3) is 2.08. The van der Waals surface area contributed by atoms with Crippen LogP contribution in [0.3, 0.4) is 0 Å². The second kappa shape index (κ2) is 4.77. The van der Waals surface area contributed by atoms with E-state index in [1.165, 1.54) is 12.8 Å². The lowest BCUT2D eigenvalue weighted by Crippen LogP contribution is -2.40. The van der Waals surface area contributed by atoms with Crippen molar-refractivity contribution >= 4 is 5.78 Å².